The molecule has 0 aliphatic heterocycles. The molecule has 0 unspecified atom stereocenters. The molecule has 6 heteroatoms. The van der Waals surface area contributed by atoms with Gasteiger partial charge >= 0.3 is 5.69 Å². The molecule has 0 saturated heterocycles. The van der Waals surface area contributed by atoms with Gasteiger partial charge in [-0.05, 0) is 18.9 Å². The molecule has 0 radical (unpaired) electrons. The van der Waals surface area contributed by atoms with Crippen molar-refractivity contribution < 1.29 is 14.8 Å². The Balaban J connectivity index is 3.11. The van der Waals surface area contributed by atoms with Crippen molar-refractivity contribution in [3.8, 4) is 5.75 Å². The summed E-state index contributed by atoms with van der Waals surface area (Å²) in [5, 5.41) is 20.6. The number of carbonyl (C=O) groups excluding carboxylic acids is 1. The fourth-order valence-electron chi connectivity index (χ4n) is 1.82. The normalized spacial score (nSPS) is 10.5. The van der Waals surface area contributed by atoms with Gasteiger partial charge in [0.25, 0.3) is 5.91 Å². The van der Waals surface area contributed by atoms with Gasteiger partial charge in [-0.15, -0.1) is 0 Å². The van der Waals surface area contributed by atoms with Gasteiger partial charge in [-0.1, -0.05) is 19.9 Å². The maximum Gasteiger partial charge on any atom is 0.311 e. The molecule has 1 aromatic carbocycles. The van der Waals surface area contributed by atoms with Gasteiger partial charge in [-0.25, -0.2) is 0 Å². The Morgan fingerprint density at radius 1 is 1.47 bits per heavy atom. The number of nitrogens with zero attached hydrogens (tertiary/aromatic N) is 2. The molecule has 19 heavy (non-hydrogen) atoms. The van der Waals surface area contributed by atoms with E-state index in [1.807, 2.05) is 20.8 Å². The molecule has 1 amide bonds. The zero-order chi connectivity index (χ0) is 14.6. The van der Waals surface area contributed by atoms with Crippen LogP contribution in [0.5, 0.6) is 5.75 Å². The van der Waals surface area contributed by atoms with Gasteiger partial charge in [0.15, 0.2) is 0 Å². The highest BCUT2D eigenvalue weighted by atomic mass is 16.6. The quantitative estimate of drug-likeness (QED) is 0.655. The lowest BCUT2D eigenvalue weighted by atomic mass is 10.1. The van der Waals surface area contributed by atoms with Gasteiger partial charge < -0.3 is 10.0 Å². The summed E-state index contributed by atoms with van der Waals surface area (Å²) in [5.41, 5.74) is -0.483. The number of hydrogen-bond donors (Lipinski definition) is 1. The molecule has 0 fully saturated rings. The number of phenols is 1. The van der Waals surface area contributed by atoms with Crippen LogP contribution in [-0.4, -0.2) is 33.9 Å². The second-order valence-electron chi connectivity index (χ2n) is 4.67. The Morgan fingerprint density at radius 2 is 2.11 bits per heavy atom. The average Bonchev–Trinajstić information content (AvgIpc) is 2.34. The molecular weight excluding hydrogens is 248 g/mol. The first kappa shape index (κ1) is 14.9. The van der Waals surface area contributed by atoms with Gasteiger partial charge in [0, 0.05) is 19.2 Å². The molecule has 1 rings (SSSR count). The summed E-state index contributed by atoms with van der Waals surface area (Å²) in [7, 11) is 0. The molecule has 0 saturated carbocycles. The Kier molecular flexibility index (Phi) is 4.86. The first-order valence-corrected chi connectivity index (χ1v) is 6.14. The second kappa shape index (κ2) is 6.17. The molecule has 1 N–H and O–H groups in total. The summed E-state index contributed by atoms with van der Waals surface area (Å²) >= 11 is 0. The van der Waals surface area contributed by atoms with E-state index < -0.39 is 22.3 Å². The molecule has 0 atom stereocenters. The van der Waals surface area contributed by atoms with Gasteiger partial charge in [-0.2, -0.15) is 0 Å². The highest BCUT2D eigenvalue weighted by Crippen LogP contribution is 2.30. The van der Waals surface area contributed by atoms with Crippen LogP contribution in [0.15, 0.2) is 18.2 Å². The number of phenolic OH excluding ortho intramolecular Hbond substituents is 1. The molecule has 0 aliphatic carbocycles. The summed E-state index contributed by atoms with van der Waals surface area (Å²) in [6.45, 7) is 6.80. The van der Waals surface area contributed by atoms with Crippen LogP contribution in [0.4, 0.5) is 5.69 Å². The zero-order valence-corrected chi connectivity index (χ0v) is 11.3. The lowest BCUT2D eigenvalue weighted by Gasteiger charge is -2.23. The smallest absolute Gasteiger partial charge is 0.311 e. The second-order valence-corrected chi connectivity index (χ2v) is 4.67. The van der Waals surface area contributed by atoms with Crippen molar-refractivity contribution in [3.63, 3.8) is 0 Å². The number of para-hydroxylation sites is 1. The predicted octanol–water partition coefficient (Wildman–Crippen LogP) is 2.42. The van der Waals surface area contributed by atoms with Crippen molar-refractivity contribution in [3.05, 3.63) is 33.9 Å². The number of aromatic hydroxyl groups is 1. The summed E-state index contributed by atoms with van der Waals surface area (Å²) in [5.74, 6) is -0.679. The number of hydrogen-bond acceptors (Lipinski definition) is 4. The zero-order valence-electron chi connectivity index (χ0n) is 11.3. The molecule has 0 bridgehead atoms. The minimum absolute atomic E-state index is 0.0308. The lowest BCUT2D eigenvalue weighted by Crippen LogP contribution is -2.34. The van der Waals surface area contributed by atoms with Crippen LogP contribution in [0.2, 0.25) is 0 Å². The molecule has 104 valence electrons. The van der Waals surface area contributed by atoms with E-state index in [1.165, 1.54) is 18.2 Å². The Hall–Kier alpha value is -2.11. The summed E-state index contributed by atoms with van der Waals surface area (Å²) in [4.78, 5) is 23.8. The van der Waals surface area contributed by atoms with Crippen molar-refractivity contribution >= 4 is 11.6 Å². The average molecular weight is 266 g/mol. The molecule has 0 aliphatic rings. The largest absolute Gasteiger partial charge is 0.502 e. The molecule has 0 heterocycles. The van der Waals surface area contributed by atoms with Crippen molar-refractivity contribution in [2.75, 3.05) is 13.1 Å². The minimum atomic E-state index is -0.704. The fourth-order valence-corrected chi connectivity index (χ4v) is 1.82. The van der Waals surface area contributed by atoms with Crippen LogP contribution < -0.4 is 0 Å². The number of amides is 1. The summed E-state index contributed by atoms with van der Waals surface area (Å²) in [6.07, 6.45) is 0. The molecule has 1 aromatic rings. The number of nitro groups is 1. The maximum atomic E-state index is 12.3. The van der Waals surface area contributed by atoms with Gasteiger partial charge in [0.05, 0.1) is 10.5 Å². The van der Waals surface area contributed by atoms with Gasteiger partial charge in [-0.3, -0.25) is 14.9 Å². The maximum absolute atomic E-state index is 12.3. The Bertz CT molecular complexity index is 486. The fraction of sp³-hybridized carbons (Fsp3) is 0.462. The molecular formula is C13H18N2O4. The SMILES string of the molecule is CCN(CC(C)C)C(=O)c1cccc([N+](=O)[O-])c1O. The standard InChI is InChI=1S/C13H18N2O4/c1-4-14(8-9(2)3)13(17)10-6-5-7-11(12(10)16)15(18)19/h5-7,9,16H,4,8H2,1-3H3. The topological polar surface area (TPSA) is 83.7 Å². The highest BCUT2D eigenvalue weighted by molar-refractivity contribution is 5.98. The van der Waals surface area contributed by atoms with E-state index in [2.05, 4.69) is 0 Å². The summed E-state index contributed by atoms with van der Waals surface area (Å²) < 4.78 is 0. The van der Waals surface area contributed by atoms with E-state index in [9.17, 15) is 20.0 Å². The monoisotopic (exact) mass is 266 g/mol. The van der Waals surface area contributed by atoms with Crippen molar-refractivity contribution in [1.82, 2.24) is 4.90 Å². The molecule has 6 nitrogen and oxygen atoms in total. The van der Waals surface area contributed by atoms with Crippen LogP contribution in [-0.2, 0) is 0 Å². The van der Waals surface area contributed by atoms with Gasteiger partial charge in [0.2, 0.25) is 5.75 Å². The van der Waals surface area contributed by atoms with Crippen LogP contribution in [0.1, 0.15) is 31.1 Å². The first-order chi connectivity index (χ1) is 8.88. The van der Waals surface area contributed by atoms with E-state index >= 15 is 0 Å². The van der Waals surface area contributed by atoms with Crippen molar-refractivity contribution in [1.29, 1.82) is 0 Å². The third-order valence-electron chi connectivity index (χ3n) is 2.70. The van der Waals surface area contributed by atoms with Crippen LogP contribution in [0.25, 0.3) is 0 Å². The van der Waals surface area contributed by atoms with Gasteiger partial charge in [0.1, 0.15) is 0 Å². The Labute approximate surface area is 111 Å². The van der Waals surface area contributed by atoms with Crippen LogP contribution >= 0.6 is 0 Å². The predicted molar refractivity (Wildman–Crippen MR) is 71.2 cm³/mol. The van der Waals surface area contributed by atoms with Crippen LogP contribution in [0.3, 0.4) is 0 Å². The number of rotatable bonds is 5. The van der Waals surface area contributed by atoms with E-state index in [4.69, 9.17) is 0 Å². The number of carbonyl (C=O) groups is 1. The number of nitro benzene ring substituents is 1. The van der Waals surface area contributed by atoms with Crippen molar-refractivity contribution in [2.45, 2.75) is 20.8 Å². The van der Waals surface area contributed by atoms with E-state index in [0.717, 1.165) is 0 Å². The molecule has 0 aromatic heterocycles. The lowest BCUT2D eigenvalue weighted by molar-refractivity contribution is -0.385. The van der Waals surface area contributed by atoms with Crippen LogP contribution in [0, 0.1) is 16.0 Å². The van der Waals surface area contributed by atoms with Crippen molar-refractivity contribution in [2.24, 2.45) is 5.92 Å². The summed E-state index contributed by atoms with van der Waals surface area (Å²) in [6, 6.07) is 3.97. The number of benzene rings is 1. The minimum Gasteiger partial charge on any atom is -0.502 e. The van der Waals surface area contributed by atoms with E-state index in [0.29, 0.717) is 13.1 Å². The molecule has 0 spiro atoms. The highest BCUT2D eigenvalue weighted by Gasteiger charge is 2.24. The Morgan fingerprint density at radius 3 is 2.58 bits per heavy atom. The van der Waals surface area contributed by atoms with E-state index in [1.54, 1.807) is 4.90 Å². The third-order valence-corrected chi connectivity index (χ3v) is 2.70. The van der Waals surface area contributed by atoms with E-state index in [-0.39, 0.29) is 11.5 Å². The third kappa shape index (κ3) is 3.43. The first-order valence-electron chi connectivity index (χ1n) is 6.14.